The number of alkyl halides is 1. The number of ether oxygens (including phenoxy) is 2. The van der Waals surface area contributed by atoms with Crippen LogP contribution in [0.5, 0.6) is 11.5 Å². The summed E-state index contributed by atoms with van der Waals surface area (Å²) in [5.74, 6) is 1.67. The lowest BCUT2D eigenvalue weighted by molar-refractivity contribution is 0.375. The summed E-state index contributed by atoms with van der Waals surface area (Å²) in [7, 11) is 3.35. The van der Waals surface area contributed by atoms with Crippen molar-refractivity contribution in [1.29, 1.82) is 0 Å². The van der Waals surface area contributed by atoms with Crippen molar-refractivity contribution in [2.75, 3.05) is 14.2 Å². The fraction of sp³-hybridized carbons (Fsp3) is 0.600. The van der Waals surface area contributed by atoms with Gasteiger partial charge < -0.3 is 9.47 Å². The zero-order chi connectivity index (χ0) is 14.6. The van der Waals surface area contributed by atoms with Crippen LogP contribution in [0.4, 0.5) is 0 Å². The Hall–Kier alpha value is -0.220. The van der Waals surface area contributed by atoms with Gasteiger partial charge in [-0.15, -0.1) is 0 Å². The lowest BCUT2D eigenvalue weighted by Crippen LogP contribution is -2.20. The largest absolute Gasteiger partial charge is 0.495 e. The third kappa shape index (κ3) is 4.38. The van der Waals surface area contributed by atoms with E-state index in [1.807, 2.05) is 6.07 Å². The molecule has 1 aromatic rings. The van der Waals surface area contributed by atoms with Crippen molar-refractivity contribution in [2.45, 2.75) is 38.4 Å². The van der Waals surface area contributed by atoms with E-state index in [2.05, 4.69) is 58.7 Å². The van der Waals surface area contributed by atoms with Gasteiger partial charge in [-0.1, -0.05) is 42.8 Å². The number of rotatable bonds is 5. The second-order valence-corrected chi connectivity index (χ2v) is 7.54. The maximum atomic E-state index is 5.49. The Bertz CT molecular complexity index is 425. The first-order valence-corrected chi connectivity index (χ1v) is 8.05. The van der Waals surface area contributed by atoms with Gasteiger partial charge in [-0.25, -0.2) is 0 Å². The van der Waals surface area contributed by atoms with Crippen LogP contribution in [0.3, 0.4) is 0 Å². The Morgan fingerprint density at radius 2 is 1.79 bits per heavy atom. The number of aryl methyl sites for hydroxylation is 1. The molecule has 2 nitrogen and oxygen atoms in total. The summed E-state index contributed by atoms with van der Waals surface area (Å²) in [5.41, 5.74) is 1.46. The quantitative estimate of drug-likeness (QED) is 0.639. The molecule has 19 heavy (non-hydrogen) atoms. The van der Waals surface area contributed by atoms with Crippen molar-refractivity contribution >= 4 is 31.9 Å². The normalized spacial score (nSPS) is 13.2. The molecule has 0 aliphatic rings. The molecular formula is C15H22Br2O2. The monoisotopic (exact) mass is 392 g/mol. The molecule has 1 aromatic carbocycles. The summed E-state index contributed by atoms with van der Waals surface area (Å²) in [5, 5.41) is 0. The highest BCUT2D eigenvalue weighted by molar-refractivity contribution is 9.10. The van der Waals surface area contributed by atoms with Crippen LogP contribution in [0.25, 0.3) is 0 Å². The van der Waals surface area contributed by atoms with Gasteiger partial charge >= 0.3 is 0 Å². The molecule has 0 aromatic heterocycles. The smallest absolute Gasteiger partial charge is 0.139 e. The first kappa shape index (κ1) is 16.8. The second-order valence-electron chi connectivity index (χ2n) is 5.65. The van der Waals surface area contributed by atoms with Crippen LogP contribution >= 0.6 is 31.9 Å². The number of hydrogen-bond donors (Lipinski definition) is 0. The fourth-order valence-corrected chi connectivity index (χ4v) is 2.81. The summed E-state index contributed by atoms with van der Waals surface area (Å²) in [6.45, 7) is 6.73. The maximum Gasteiger partial charge on any atom is 0.139 e. The van der Waals surface area contributed by atoms with Crippen molar-refractivity contribution < 1.29 is 9.47 Å². The van der Waals surface area contributed by atoms with Crippen molar-refractivity contribution in [3.63, 3.8) is 0 Å². The average Bonchev–Trinajstić information content (AvgIpc) is 2.34. The minimum absolute atomic E-state index is 0.261. The van der Waals surface area contributed by atoms with Crippen LogP contribution in [0, 0.1) is 5.41 Å². The summed E-state index contributed by atoms with van der Waals surface area (Å²) in [4.78, 5) is 0.477. The van der Waals surface area contributed by atoms with Gasteiger partial charge in [-0.3, -0.25) is 0 Å². The summed E-state index contributed by atoms with van der Waals surface area (Å²) < 4.78 is 11.7. The molecule has 0 aliphatic heterocycles. The molecule has 4 heteroatoms. The van der Waals surface area contributed by atoms with Crippen molar-refractivity contribution in [3.8, 4) is 11.5 Å². The molecule has 0 bridgehead atoms. The predicted molar refractivity (Wildman–Crippen MR) is 87.7 cm³/mol. The van der Waals surface area contributed by atoms with Gasteiger partial charge in [-0.05, 0) is 45.8 Å². The van der Waals surface area contributed by atoms with E-state index in [-0.39, 0.29) is 5.41 Å². The van der Waals surface area contributed by atoms with E-state index in [0.29, 0.717) is 4.83 Å². The highest BCUT2D eigenvalue weighted by Crippen LogP contribution is 2.38. The standard InChI is InChI=1S/C15H22Br2O2/c1-15(2,3)12(16)9-7-10-6-8-11(18-4)13(17)14(10)19-5/h6,8,12H,7,9H2,1-5H3. The summed E-state index contributed by atoms with van der Waals surface area (Å²) in [6, 6.07) is 4.05. The van der Waals surface area contributed by atoms with Gasteiger partial charge in [0.15, 0.2) is 0 Å². The van der Waals surface area contributed by atoms with E-state index in [1.165, 1.54) is 5.56 Å². The Morgan fingerprint density at radius 3 is 2.26 bits per heavy atom. The highest BCUT2D eigenvalue weighted by Gasteiger charge is 2.22. The molecule has 0 radical (unpaired) electrons. The van der Waals surface area contributed by atoms with Crippen LogP contribution in [0.15, 0.2) is 16.6 Å². The Balaban J connectivity index is 2.88. The molecular weight excluding hydrogens is 372 g/mol. The average molecular weight is 394 g/mol. The minimum Gasteiger partial charge on any atom is -0.495 e. The number of halogens is 2. The SMILES string of the molecule is COc1ccc(CCC(Br)C(C)(C)C)c(OC)c1Br. The van der Waals surface area contributed by atoms with E-state index >= 15 is 0 Å². The predicted octanol–water partition coefficient (Wildman–Crippen LogP) is 5.21. The topological polar surface area (TPSA) is 18.5 Å². The molecule has 1 unspecified atom stereocenters. The van der Waals surface area contributed by atoms with Crippen LogP contribution in [-0.2, 0) is 6.42 Å². The molecule has 0 heterocycles. The van der Waals surface area contributed by atoms with Gasteiger partial charge in [0.2, 0.25) is 0 Å². The molecule has 0 amide bonds. The van der Waals surface area contributed by atoms with Gasteiger partial charge in [0, 0.05) is 4.83 Å². The molecule has 0 saturated carbocycles. The molecule has 0 spiro atoms. The molecule has 0 fully saturated rings. The molecule has 1 rings (SSSR count). The minimum atomic E-state index is 0.261. The van der Waals surface area contributed by atoms with Gasteiger partial charge in [-0.2, -0.15) is 0 Å². The number of methoxy groups -OCH3 is 2. The Morgan fingerprint density at radius 1 is 1.16 bits per heavy atom. The fourth-order valence-electron chi connectivity index (χ4n) is 1.87. The van der Waals surface area contributed by atoms with Crippen molar-refractivity contribution in [1.82, 2.24) is 0 Å². The molecule has 108 valence electrons. The first-order chi connectivity index (χ1) is 8.81. The molecule has 1 atom stereocenters. The van der Waals surface area contributed by atoms with E-state index < -0.39 is 0 Å². The van der Waals surface area contributed by atoms with Crippen LogP contribution < -0.4 is 9.47 Å². The van der Waals surface area contributed by atoms with Crippen molar-refractivity contribution in [2.24, 2.45) is 5.41 Å². The highest BCUT2D eigenvalue weighted by atomic mass is 79.9. The lowest BCUT2D eigenvalue weighted by atomic mass is 9.88. The number of hydrogen-bond acceptors (Lipinski definition) is 2. The third-order valence-electron chi connectivity index (χ3n) is 3.17. The first-order valence-electron chi connectivity index (χ1n) is 6.34. The number of benzene rings is 1. The van der Waals surface area contributed by atoms with Gasteiger partial charge in [0.05, 0.1) is 14.2 Å². The van der Waals surface area contributed by atoms with Crippen LogP contribution in [-0.4, -0.2) is 19.0 Å². The second kappa shape index (κ2) is 6.98. The lowest BCUT2D eigenvalue weighted by Gasteiger charge is -2.25. The van der Waals surface area contributed by atoms with Crippen LogP contribution in [0.2, 0.25) is 0 Å². The van der Waals surface area contributed by atoms with E-state index in [0.717, 1.165) is 28.8 Å². The Kier molecular flexibility index (Phi) is 6.18. The summed E-state index contributed by atoms with van der Waals surface area (Å²) >= 11 is 7.31. The van der Waals surface area contributed by atoms with E-state index in [1.54, 1.807) is 14.2 Å². The third-order valence-corrected chi connectivity index (χ3v) is 5.76. The zero-order valence-corrected chi connectivity index (χ0v) is 15.4. The van der Waals surface area contributed by atoms with Gasteiger partial charge in [0.25, 0.3) is 0 Å². The Labute approximate surface area is 133 Å². The molecule has 0 aliphatic carbocycles. The van der Waals surface area contributed by atoms with Gasteiger partial charge in [0.1, 0.15) is 16.0 Å². The maximum absolute atomic E-state index is 5.49. The molecule has 0 saturated heterocycles. The zero-order valence-electron chi connectivity index (χ0n) is 12.2. The van der Waals surface area contributed by atoms with E-state index in [4.69, 9.17) is 9.47 Å². The summed E-state index contributed by atoms with van der Waals surface area (Å²) in [6.07, 6.45) is 2.04. The van der Waals surface area contributed by atoms with Crippen LogP contribution in [0.1, 0.15) is 32.8 Å². The van der Waals surface area contributed by atoms with Crippen molar-refractivity contribution in [3.05, 3.63) is 22.2 Å². The molecule has 0 N–H and O–H groups in total. The van der Waals surface area contributed by atoms with E-state index in [9.17, 15) is 0 Å².